The lowest BCUT2D eigenvalue weighted by molar-refractivity contribution is 0.415. The summed E-state index contributed by atoms with van der Waals surface area (Å²) < 4.78 is 5.17. The Kier molecular flexibility index (Phi) is 4.42. The van der Waals surface area contributed by atoms with Crippen LogP contribution in [0.5, 0.6) is 5.75 Å². The highest BCUT2D eigenvalue weighted by Crippen LogP contribution is 2.55. The van der Waals surface area contributed by atoms with Crippen molar-refractivity contribution in [3.05, 3.63) is 34.2 Å². The Hall–Kier alpha value is -1.84. The summed E-state index contributed by atoms with van der Waals surface area (Å²) in [6, 6.07) is 5.57. The van der Waals surface area contributed by atoms with Gasteiger partial charge in [-0.25, -0.2) is 4.98 Å². The van der Waals surface area contributed by atoms with Crippen molar-refractivity contribution in [2.45, 2.75) is 52.4 Å². The van der Waals surface area contributed by atoms with Crippen LogP contribution in [-0.4, -0.2) is 17.1 Å². The number of methoxy groups -OCH3 is 1. The molecule has 1 aliphatic rings. The van der Waals surface area contributed by atoms with Crippen LogP contribution in [0.2, 0.25) is 0 Å². The highest BCUT2D eigenvalue weighted by atomic mass is 16.5. The van der Waals surface area contributed by atoms with E-state index in [2.05, 4.69) is 23.8 Å². The Morgan fingerprint density at radius 1 is 1.35 bits per heavy atom. The molecular formula is C19H26N2O2. The number of aromatic amines is 1. The fourth-order valence-electron chi connectivity index (χ4n) is 3.39. The molecule has 0 saturated heterocycles. The summed E-state index contributed by atoms with van der Waals surface area (Å²) in [6.07, 6.45) is 6.90. The van der Waals surface area contributed by atoms with Gasteiger partial charge in [-0.15, -0.1) is 0 Å². The van der Waals surface area contributed by atoms with E-state index in [0.717, 1.165) is 35.5 Å². The SMILES string of the molecule is COc1ccc2nc(CCCCCC3(C)CC3C)c(=O)[nH]c2c1. The lowest BCUT2D eigenvalue weighted by Crippen LogP contribution is -2.15. The maximum absolute atomic E-state index is 12.1. The van der Waals surface area contributed by atoms with Gasteiger partial charge < -0.3 is 9.72 Å². The molecule has 1 aromatic heterocycles. The number of H-pyrrole nitrogens is 1. The first-order valence-corrected chi connectivity index (χ1v) is 8.59. The first kappa shape index (κ1) is 16.0. The summed E-state index contributed by atoms with van der Waals surface area (Å²) in [6.45, 7) is 4.73. The van der Waals surface area contributed by atoms with Crippen LogP contribution in [0.15, 0.2) is 23.0 Å². The van der Waals surface area contributed by atoms with Gasteiger partial charge in [-0.1, -0.05) is 26.7 Å². The molecule has 1 saturated carbocycles. The molecule has 3 rings (SSSR count). The molecule has 2 atom stereocenters. The Bertz CT molecular complexity index is 753. The molecule has 4 heteroatoms. The van der Waals surface area contributed by atoms with Gasteiger partial charge in [0, 0.05) is 6.07 Å². The van der Waals surface area contributed by atoms with Crippen molar-refractivity contribution in [1.29, 1.82) is 0 Å². The molecule has 0 bridgehead atoms. The lowest BCUT2D eigenvalue weighted by atomic mass is 9.97. The molecule has 1 heterocycles. The van der Waals surface area contributed by atoms with E-state index in [-0.39, 0.29) is 5.56 Å². The van der Waals surface area contributed by atoms with Crippen LogP contribution < -0.4 is 10.3 Å². The van der Waals surface area contributed by atoms with Crippen LogP contribution in [0.4, 0.5) is 0 Å². The summed E-state index contributed by atoms with van der Waals surface area (Å²) in [5, 5.41) is 0. The summed E-state index contributed by atoms with van der Waals surface area (Å²) in [4.78, 5) is 19.6. The number of nitrogens with zero attached hydrogens (tertiary/aromatic N) is 1. The fourth-order valence-corrected chi connectivity index (χ4v) is 3.39. The van der Waals surface area contributed by atoms with Crippen LogP contribution in [0.3, 0.4) is 0 Å². The standard InChI is InChI=1S/C19H26N2O2/c1-13-12-19(13,2)10-6-4-5-7-16-18(22)21-17-11-14(23-3)8-9-15(17)20-16/h8-9,11,13H,4-7,10,12H2,1-3H3,(H,21,22). The zero-order valence-electron chi connectivity index (χ0n) is 14.3. The number of unbranched alkanes of at least 4 members (excludes halogenated alkanes) is 2. The Morgan fingerprint density at radius 3 is 2.83 bits per heavy atom. The maximum atomic E-state index is 12.1. The predicted octanol–water partition coefficient (Wildman–Crippen LogP) is 4.08. The molecule has 1 aliphatic carbocycles. The number of fused-ring (bicyclic) bond motifs is 1. The van der Waals surface area contributed by atoms with Crippen molar-refractivity contribution in [1.82, 2.24) is 9.97 Å². The molecule has 1 fully saturated rings. The van der Waals surface area contributed by atoms with E-state index >= 15 is 0 Å². The minimum atomic E-state index is -0.0754. The summed E-state index contributed by atoms with van der Waals surface area (Å²) >= 11 is 0. The first-order valence-electron chi connectivity index (χ1n) is 8.59. The molecule has 1 N–H and O–H groups in total. The van der Waals surface area contributed by atoms with Crippen molar-refractivity contribution in [2.24, 2.45) is 11.3 Å². The van der Waals surface area contributed by atoms with E-state index in [1.54, 1.807) is 7.11 Å². The smallest absolute Gasteiger partial charge is 0.270 e. The number of hydrogen-bond donors (Lipinski definition) is 1. The van der Waals surface area contributed by atoms with Crippen molar-refractivity contribution in [3.8, 4) is 5.75 Å². The molecule has 0 aliphatic heterocycles. The van der Waals surface area contributed by atoms with E-state index < -0.39 is 0 Å². The van der Waals surface area contributed by atoms with Gasteiger partial charge in [0.05, 0.1) is 18.1 Å². The summed E-state index contributed by atoms with van der Waals surface area (Å²) in [7, 11) is 1.61. The molecule has 2 unspecified atom stereocenters. The quantitative estimate of drug-likeness (QED) is 0.783. The van der Waals surface area contributed by atoms with Crippen molar-refractivity contribution in [3.63, 3.8) is 0 Å². The van der Waals surface area contributed by atoms with Crippen LogP contribution in [0, 0.1) is 11.3 Å². The monoisotopic (exact) mass is 314 g/mol. The highest BCUT2D eigenvalue weighted by molar-refractivity contribution is 5.75. The zero-order chi connectivity index (χ0) is 16.4. The van der Waals surface area contributed by atoms with Gasteiger partial charge in [0.25, 0.3) is 5.56 Å². The van der Waals surface area contributed by atoms with Crippen LogP contribution in [0.1, 0.15) is 51.6 Å². The van der Waals surface area contributed by atoms with E-state index in [1.807, 2.05) is 18.2 Å². The minimum Gasteiger partial charge on any atom is -0.497 e. The van der Waals surface area contributed by atoms with Gasteiger partial charge in [0.1, 0.15) is 11.4 Å². The predicted molar refractivity (Wildman–Crippen MR) is 93.0 cm³/mol. The number of hydrogen-bond acceptors (Lipinski definition) is 3. The third kappa shape index (κ3) is 3.57. The van der Waals surface area contributed by atoms with Crippen molar-refractivity contribution >= 4 is 11.0 Å². The Balaban J connectivity index is 1.57. The average Bonchev–Trinajstić information content (AvgIpc) is 3.13. The van der Waals surface area contributed by atoms with Crippen molar-refractivity contribution < 1.29 is 4.74 Å². The first-order chi connectivity index (χ1) is 11.0. The zero-order valence-corrected chi connectivity index (χ0v) is 14.3. The van der Waals surface area contributed by atoms with Gasteiger partial charge in [-0.2, -0.15) is 0 Å². The third-order valence-electron chi connectivity index (χ3n) is 5.43. The maximum Gasteiger partial charge on any atom is 0.270 e. The van der Waals surface area contributed by atoms with Crippen LogP contribution in [0.25, 0.3) is 11.0 Å². The highest BCUT2D eigenvalue weighted by Gasteiger charge is 2.45. The van der Waals surface area contributed by atoms with E-state index in [0.29, 0.717) is 11.1 Å². The second kappa shape index (κ2) is 6.34. The largest absolute Gasteiger partial charge is 0.497 e. The Morgan fingerprint density at radius 2 is 2.13 bits per heavy atom. The molecule has 124 valence electrons. The van der Waals surface area contributed by atoms with Crippen LogP contribution in [-0.2, 0) is 6.42 Å². The van der Waals surface area contributed by atoms with E-state index in [9.17, 15) is 4.79 Å². The summed E-state index contributed by atoms with van der Waals surface area (Å²) in [5.74, 6) is 1.62. The number of rotatable bonds is 7. The van der Waals surface area contributed by atoms with E-state index in [1.165, 1.54) is 25.7 Å². The second-order valence-corrected chi connectivity index (χ2v) is 7.22. The minimum absolute atomic E-state index is 0.0754. The topological polar surface area (TPSA) is 55.0 Å². The van der Waals surface area contributed by atoms with Gasteiger partial charge in [0.15, 0.2) is 0 Å². The van der Waals surface area contributed by atoms with Crippen LogP contribution >= 0.6 is 0 Å². The van der Waals surface area contributed by atoms with Gasteiger partial charge in [-0.05, 0) is 49.1 Å². The number of nitrogens with one attached hydrogen (secondary N) is 1. The summed E-state index contributed by atoms with van der Waals surface area (Å²) in [5.41, 5.74) is 2.72. The molecule has 2 aromatic rings. The number of ether oxygens (including phenoxy) is 1. The third-order valence-corrected chi connectivity index (χ3v) is 5.43. The average molecular weight is 314 g/mol. The lowest BCUT2D eigenvalue weighted by Gasteiger charge is -2.09. The second-order valence-electron chi connectivity index (χ2n) is 7.22. The number of aromatic nitrogens is 2. The molecule has 0 radical (unpaired) electrons. The molecule has 0 amide bonds. The fraction of sp³-hybridized carbons (Fsp3) is 0.579. The van der Waals surface area contributed by atoms with E-state index in [4.69, 9.17) is 4.74 Å². The van der Waals surface area contributed by atoms with Crippen molar-refractivity contribution in [2.75, 3.05) is 7.11 Å². The molecule has 23 heavy (non-hydrogen) atoms. The molecule has 0 spiro atoms. The Labute approximate surface area is 137 Å². The normalized spacial score (nSPS) is 23.2. The molecular weight excluding hydrogens is 288 g/mol. The van der Waals surface area contributed by atoms with Gasteiger partial charge in [0.2, 0.25) is 0 Å². The number of benzene rings is 1. The number of aryl methyl sites for hydroxylation is 1. The van der Waals surface area contributed by atoms with Gasteiger partial charge in [-0.3, -0.25) is 4.79 Å². The molecule has 1 aromatic carbocycles. The van der Waals surface area contributed by atoms with Gasteiger partial charge >= 0.3 is 0 Å². The molecule has 4 nitrogen and oxygen atoms in total.